The number of aliphatic hydroxyl groups is 1. The van der Waals surface area contributed by atoms with Crippen LogP contribution in [0.3, 0.4) is 0 Å². The number of anilines is 1. The zero-order valence-corrected chi connectivity index (χ0v) is 15.3. The van der Waals surface area contributed by atoms with Crippen molar-refractivity contribution in [2.75, 3.05) is 11.9 Å². The number of amides is 1. The maximum atomic E-state index is 12.4. The number of nitrogens with zero attached hydrogens (tertiary/aromatic N) is 1. The van der Waals surface area contributed by atoms with Gasteiger partial charge < -0.3 is 15.7 Å². The average Bonchev–Trinajstić information content (AvgIpc) is 3.06. The van der Waals surface area contributed by atoms with E-state index in [9.17, 15) is 9.90 Å². The van der Waals surface area contributed by atoms with Crippen LogP contribution in [0.25, 0.3) is 11.1 Å². The molecular weight excluding hydrogens is 334 g/mol. The number of nitriles is 1. The Kier molecular flexibility index (Phi) is 6.99. The van der Waals surface area contributed by atoms with Crippen molar-refractivity contribution < 1.29 is 9.90 Å². The van der Waals surface area contributed by atoms with Gasteiger partial charge in [0.2, 0.25) is 5.91 Å². The second-order valence-corrected chi connectivity index (χ2v) is 6.96. The van der Waals surface area contributed by atoms with Crippen LogP contribution in [-0.2, 0) is 11.4 Å². The molecule has 6 heteroatoms. The van der Waals surface area contributed by atoms with Crippen LogP contribution in [0.15, 0.2) is 35.0 Å². The number of hydrogen-bond acceptors (Lipinski definition) is 5. The van der Waals surface area contributed by atoms with E-state index in [1.54, 1.807) is 11.3 Å². The Bertz CT molecular complexity index is 749. The van der Waals surface area contributed by atoms with Gasteiger partial charge in [0.15, 0.2) is 0 Å². The molecule has 0 aliphatic heterocycles. The number of rotatable bonds is 8. The van der Waals surface area contributed by atoms with E-state index in [1.165, 1.54) is 0 Å². The van der Waals surface area contributed by atoms with Crippen LogP contribution in [0.2, 0.25) is 0 Å². The van der Waals surface area contributed by atoms with E-state index in [-0.39, 0.29) is 19.1 Å². The molecule has 0 aliphatic rings. The first kappa shape index (κ1) is 19.0. The smallest absolute Gasteiger partial charge is 0.243 e. The van der Waals surface area contributed by atoms with E-state index in [0.717, 1.165) is 22.4 Å². The zero-order chi connectivity index (χ0) is 18.2. The summed E-state index contributed by atoms with van der Waals surface area (Å²) in [5.74, 6) is 0.153. The fraction of sp³-hybridized carbons (Fsp3) is 0.368. The number of nitrogens with one attached hydrogen (secondary N) is 2. The minimum atomic E-state index is -0.414. The quantitative estimate of drug-likeness (QED) is 0.632. The SMILES string of the molecule is CC(C)C[C@H](Nc1cscc1-c1ccccc1CO)C(=O)NCC#N. The molecular formula is C19H23N3O2S. The Balaban J connectivity index is 2.27. The fourth-order valence-electron chi connectivity index (χ4n) is 2.68. The van der Waals surface area contributed by atoms with Gasteiger partial charge in [-0.15, -0.1) is 11.3 Å². The predicted molar refractivity (Wildman–Crippen MR) is 101 cm³/mol. The summed E-state index contributed by atoms with van der Waals surface area (Å²) in [6.07, 6.45) is 0.661. The Labute approximate surface area is 152 Å². The average molecular weight is 357 g/mol. The Hall–Kier alpha value is -2.36. The van der Waals surface area contributed by atoms with Crippen LogP contribution < -0.4 is 10.6 Å². The van der Waals surface area contributed by atoms with Crippen molar-refractivity contribution in [1.82, 2.24) is 5.32 Å². The van der Waals surface area contributed by atoms with Gasteiger partial charge in [-0.3, -0.25) is 4.79 Å². The number of carbonyl (C=O) groups excluding carboxylic acids is 1. The van der Waals surface area contributed by atoms with Crippen LogP contribution in [0.1, 0.15) is 25.8 Å². The molecule has 132 valence electrons. The lowest BCUT2D eigenvalue weighted by molar-refractivity contribution is -0.121. The second-order valence-electron chi connectivity index (χ2n) is 6.22. The number of aliphatic hydroxyl groups excluding tert-OH is 1. The molecule has 1 heterocycles. The maximum Gasteiger partial charge on any atom is 0.243 e. The van der Waals surface area contributed by atoms with Crippen LogP contribution in [-0.4, -0.2) is 23.6 Å². The first-order valence-electron chi connectivity index (χ1n) is 8.23. The van der Waals surface area contributed by atoms with Crippen molar-refractivity contribution in [1.29, 1.82) is 5.26 Å². The van der Waals surface area contributed by atoms with Crippen molar-refractivity contribution in [2.24, 2.45) is 5.92 Å². The van der Waals surface area contributed by atoms with Gasteiger partial charge in [0.25, 0.3) is 0 Å². The number of benzene rings is 1. The first-order chi connectivity index (χ1) is 12.1. The zero-order valence-electron chi connectivity index (χ0n) is 14.5. The topological polar surface area (TPSA) is 85.2 Å². The van der Waals surface area contributed by atoms with E-state index in [2.05, 4.69) is 24.5 Å². The molecule has 0 bridgehead atoms. The lowest BCUT2D eigenvalue weighted by Gasteiger charge is -2.21. The van der Waals surface area contributed by atoms with Crippen LogP contribution >= 0.6 is 11.3 Å². The maximum absolute atomic E-state index is 12.4. The van der Waals surface area contributed by atoms with Crippen molar-refractivity contribution in [2.45, 2.75) is 32.9 Å². The molecule has 1 amide bonds. The second kappa shape index (κ2) is 9.21. The van der Waals surface area contributed by atoms with E-state index < -0.39 is 6.04 Å². The standard InChI is InChI=1S/C19H23N3O2S/c1-13(2)9-17(19(24)21-8-7-20)22-18-12-25-11-16(18)15-6-4-3-5-14(15)10-23/h3-6,11-13,17,22-23H,8-10H2,1-2H3,(H,21,24)/t17-/m0/s1. The summed E-state index contributed by atoms with van der Waals surface area (Å²) in [6.45, 7) is 4.08. The molecule has 0 radical (unpaired) electrons. The third-order valence-electron chi connectivity index (χ3n) is 3.83. The van der Waals surface area contributed by atoms with E-state index in [0.29, 0.717) is 12.3 Å². The van der Waals surface area contributed by atoms with Gasteiger partial charge in [-0.25, -0.2) is 0 Å². The molecule has 1 aromatic carbocycles. The summed E-state index contributed by atoms with van der Waals surface area (Å²) in [7, 11) is 0. The molecule has 2 rings (SSSR count). The molecule has 3 N–H and O–H groups in total. The summed E-state index contributed by atoms with van der Waals surface area (Å²) in [5.41, 5.74) is 3.63. The lowest BCUT2D eigenvalue weighted by atomic mass is 9.99. The molecule has 1 atom stereocenters. The van der Waals surface area contributed by atoms with Crippen molar-refractivity contribution in [3.63, 3.8) is 0 Å². The summed E-state index contributed by atoms with van der Waals surface area (Å²) < 4.78 is 0. The minimum Gasteiger partial charge on any atom is -0.392 e. The molecule has 1 aromatic heterocycles. The Morgan fingerprint density at radius 1 is 1.28 bits per heavy atom. The molecule has 2 aromatic rings. The van der Waals surface area contributed by atoms with Crippen LogP contribution in [0, 0.1) is 17.2 Å². The minimum absolute atomic E-state index is 0.00104. The van der Waals surface area contributed by atoms with Crippen molar-refractivity contribution in [3.05, 3.63) is 40.6 Å². The van der Waals surface area contributed by atoms with Crippen molar-refractivity contribution >= 4 is 22.9 Å². The van der Waals surface area contributed by atoms with E-state index in [4.69, 9.17) is 5.26 Å². The molecule has 0 saturated carbocycles. The third-order valence-corrected chi connectivity index (χ3v) is 4.58. The summed E-state index contributed by atoms with van der Waals surface area (Å²) >= 11 is 1.54. The van der Waals surface area contributed by atoms with Gasteiger partial charge in [0.05, 0.1) is 18.4 Å². The first-order valence-corrected chi connectivity index (χ1v) is 9.17. The highest BCUT2D eigenvalue weighted by Crippen LogP contribution is 2.34. The highest BCUT2D eigenvalue weighted by atomic mass is 32.1. The van der Waals surface area contributed by atoms with Crippen molar-refractivity contribution in [3.8, 4) is 17.2 Å². The molecule has 0 unspecified atom stereocenters. The molecule has 0 fully saturated rings. The van der Waals surface area contributed by atoms with E-state index >= 15 is 0 Å². The van der Waals surface area contributed by atoms with Crippen LogP contribution in [0.5, 0.6) is 0 Å². The van der Waals surface area contributed by atoms with Gasteiger partial charge in [0.1, 0.15) is 12.6 Å². The van der Waals surface area contributed by atoms with Gasteiger partial charge in [-0.1, -0.05) is 38.1 Å². The molecule has 0 saturated heterocycles. The molecule has 0 aliphatic carbocycles. The largest absolute Gasteiger partial charge is 0.392 e. The highest BCUT2D eigenvalue weighted by Gasteiger charge is 2.21. The predicted octanol–water partition coefficient (Wildman–Crippen LogP) is 3.37. The number of hydrogen-bond donors (Lipinski definition) is 3. The molecule has 5 nitrogen and oxygen atoms in total. The van der Waals surface area contributed by atoms with Gasteiger partial charge in [-0.2, -0.15) is 5.26 Å². The fourth-order valence-corrected chi connectivity index (χ4v) is 3.47. The third kappa shape index (κ3) is 5.05. The van der Waals surface area contributed by atoms with Gasteiger partial charge >= 0.3 is 0 Å². The summed E-state index contributed by atoms with van der Waals surface area (Å²) in [5, 5.41) is 28.2. The van der Waals surface area contributed by atoms with E-state index in [1.807, 2.05) is 41.1 Å². The Morgan fingerprint density at radius 3 is 2.72 bits per heavy atom. The number of carbonyl (C=O) groups is 1. The number of thiophene rings is 1. The van der Waals surface area contributed by atoms with Crippen LogP contribution in [0.4, 0.5) is 5.69 Å². The Morgan fingerprint density at radius 2 is 2.04 bits per heavy atom. The van der Waals surface area contributed by atoms with Gasteiger partial charge in [-0.05, 0) is 23.5 Å². The monoisotopic (exact) mass is 357 g/mol. The molecule has 0 spiro atoms. The highest BCUT2D eigenvalue weighted by molar-refractivity contribution is 7.08. The summed E-state index contributed by atoms with van der Waals surface area (Å²) in [6, 6.07) is 9.20. The van der Waals surface area contributed by atoms with Gasteiger partial charge in [0, 0.05) is 16.3 Å². The molecule has 25 heavy (non-hydrogen) atoms. The summed E-state index contributed by atoms with van der Waals surface area (Å²) in [4.78, 5) is 12.4. The lowest BCUT2D eigenvalue weighted by Crippen LogP contribution is -2.40. The normalized spacial score (nSPS) is 11.8.